The van der Waals surface area contributed by atoms with Crippen molar-refractivity contribution in [1.29, 1.82) is 0 Å². The van der Waals surface area contributed by atoms with Crippen molar-refractivity contribution in [3.63, 3.8) is 0 Å². The first kappa shape index (κ1) is 21.9. The Morgan fingerprint density at radius 3 is 2.56 bits per heavy atom. The maximum atomic E-state index is 13.4. The summed E-state index contributed by atoms with van der Waals surface area (Å²) < 4.78 is 13.0. The van der Waals surface area contributed by atoms with E-state index in [1.165, 1.54) is 9.91 Å². The Balaban J connectivity index is 1.65. The lowest BCUT2D eigenvalue weighted by atomic mass is 9.84. The quantitative estimate of drug-likeness (QED) is 0.666. The Morgan fingerprint density at radius 2 is 1.97 bits per heavy atom. The summed E-state index contributed by atoms with van der Waals surface area (Å²) >= 11 is 0. The minimum atomic E-state index is -0.357. The first-order valence-electron chi connectivity index (χ1n) is 10.9. The summed E-state index contributed by atoms with van der Waals surface area (Å²) in [7, 11) is 6.86. The van der Waals surface area contributed by atoms with Crippen molar-refractivity contribution in [2.24, 2.45) is 18.1 Å². The first-order valence-corrected chi connectivity index (χ1v) is 10.9. The number of hydrogen-bond donors (Lipinski definition) is 0. The fraction of sp³-hybridized carbons (Fsp3) is 0.458. The van der Waals surface area contributed by atoms with Gasteiger partial charge in [0, 0.05) is 38.2 Å². The van der Waals surface area contributed by atoms with Crippen LogP contribution in [0.25, 0.3) is 0 Å². The number of amides is 2. The highest BCUT2D eigenvalue weighted by molar-refractivity contribution is 6.02. The van der Waals surface area contributed by atoms with Gasteiger partial charge in [-0.2, -0.15) is 5.10 Å². The van der Waals surface area contributed by atoms with Gasteiger partial charge in [0.25, 0.3) is 5.91 Å². The van der Waals surface area contributed by atoms with Crippen LogP contribution in [0, 0.1) is 5.92 Å². The van der Waals surface area contributed by atoms with Crippen LogP contribution in [0.4, 0.5) is 0 Å². The minimum Gasteiger partial charge on any atom is -0.497 e. The molecule has 8 heteroatoms. The zero-order valence-electron chi connectivity index (χ0n) is 19.1. The van der Waals surface area contributed by atoms with Gasteiger partial charge in [-0.15, -0.1) is 0 Å². The maximum Gasteiger partial charge on any atom is 0.262 e. The van der Waals surface area contributed by atoms with Gasteiger partial charge >= 0.3 is 0 Å². The molecule has 32 heavy (non-hydrogen) atoms. The number of carbonyl (C=O) groups excluding carboxylic acids is 2. The second-order valence-electron chi connectivity index (χ2n) is 8.44. The Bertz CT molecular complexity index is 1040. The molecule has 0 bridgehead atoms. The largest absolute Gasteiger partial charge is 0.497 e. The van der Waals surface area contributed by atoms with Gasteiger partial charge in [-0.1, -0.05) is 6.42 Å². The van der Waals surface area contributed by atoms with Crippen LogP contribution >= 0.6 is 0 Å². The number of hydrogen-bond acceptors (Lipinski definition) is 5. The van der Waals surface area contributed by atoms with E-state index in [1.54, 1.807) is 21.3 Å². The topological polar surface area (TPSA) is 76.4 Å². The fourth-order valence-electron chi connectivity index (χ4n) is 4.32. The molecule has 1 fully saturated rings. The molecule has 0 unspecified atom stereocenters. The van der Waals surface area contributed by atoms with Crippen LogP contribution in [0.2, 0.25) is 0 Å². The Labute approximate surface area is 188 Å². The van der Waals surface area contributed by atoms with E-state index in [4.69, 9.17) is 14.6 Å². The van der Waals surface area contributed by atoms with E-state index in [-0.39, 0.29) is 30.3 Å². The molecule has 1 aromatic heterocycles. The van der Waals surface area contributed by atoms with E-state index in [0.717, 1.165) is 36.2 Å². The number of methoxy groups -OCH3 is 2. The number of ether oxygens (including phenoxy) is 2. The van der Waals surface area contributed by atoms with E-state index >= 15 is 0 Å². The van der Waals surface area contributed by atoms with Gasteiger partial charge < -0.3 is 18.9 Å². The average Bonchev–Trinajstić information content (AvgIpc) is 3.38. The minimum absolute atomic E-state index is 0.0119. The number of carbonyl (C=O) groups is 2. The number of rotatable bonds is 7. The van der Waals surface area contributed by atoms with Crippen molar-refractivity contribution < 1.29 is 19.1 Å². The van der Waals surface area contributed by atoms with Crippen molar-refractivity contribution in [2.45, 2.75) is 31.7 Å². The molecule has 1 atom stereocenters. The highest BCUT2D eigenvalue weighted by atomic mass is 16.5. The van der Waals surface area contributed by atoms with Crippen LogP contribution in [0.15, 0.2) is 41.6 Å². The second-order valence-corrected chi connectivity index (χ2v) is 8.44. The third-order valence-corrected chi connectivity index (χ3v) is 6.40. The molecule has 0 saturated heterocycles. The molecule has 0 N–H and O–H groups in total. The molecule has 2 amide bonds. The van der Waals surface area contributed by atoms with E-state index in [9.17, 15) is 9.59 Å². The van der Waals surface area contributed by atoms with E-state index in [0.29, 0.717) is 17.9 Å². The summed E-state index contributed by atoms with van der Waals surface area (Å²) in [6, 6.07) is 9.13. The summed E-state index contributed by atoms with van der Waals surface area (Å²) in [5.74, 6) is 1.20. The summed E-state index contributed by atoms with van der Waals surface area (Å²) in [5.41, 5.74) is 2.58. The van der Waals surface area contributed by atoms with Gasteiger partial charge in [-0.25, -0.2) is 5.01 Å². The molecule has 2 heterocycles. The van der Waals surface area contributed by atoms with Crippen LogP contribution in [0.5, 0.6) is 11.5 Å². The normalized spacial score (nSPS) is 18.2. The van der Waals surface area contributed by atoms with Gasteiger partial charge in [0.1, 0.15) is 18.0 Å². The predicted molar refractivity (Wildman–Crippen MR) is 121 cm³/mol. The van der Waals surface area contributed by atoms with Crippen LogP contribution in [0.1, 0.15) is 43.0 Å². The molecule has 1 saturated carbocycles. The molecule has 1 aliphatic carbocycles. The van der Waals surface area contributed by atoms with E-state index < -0.39 is 0 Å². The SMILES string of the molecule is COc1ccc(OC)c([C@@H]2CC(c3cccn3C)=NN2C(=O)CN(C)C(=O)C2CCC2)c1. The summed E-state index contributed by atoms with van der Waals surface area (Å²) in [6.07, 6.45) is 5.37. The van der Waals surface area contributed by atoms with Gasteiger partial charge in [-0.3, -0.25) is 9.59 Å². The van der Waals surface area contributed by atoms with Gasteiger partial charge in [0.2, 0.25) is 5.91 Å². The fourth-order valence-corrected chi connectivity index (χ4v) is 4.32. The Kier molecular flexibility index (Phi) is 6.21. The van der Waals surface area contributed by atoms with Crippen LogP contribution in [-0.2, 0) is 16.6 Å². The molecule has 4 rings (SSSR count). The molecular weight excluding hydrogens is 408 g/mol. The van der Waals surface area contributed by atoms with Crippen molar-refractivity contribution in [2.75, 3.05) is 27.8 Å². The highest BCUT2D eigenvalue weighted by Gasteiger charge is 2.37. The number of hydrazone groups is 1. The molecule has 170 valence electrons. The summed E-state index contributed by atoms with van der Waals surface area (Å²) in [4.78, 5) is 27.5. The molecule has 1 aromatic carbocycles. The number of nitrogens with zero attached hydrogens (tertiary/aromatic N) is 4. The lowest BCUT2D eigenvalue weighted by Crippen LogP contribution is -2.42. The molecule has 8 nitrogen and oxygen atoms in total. The second kappa shape index (κ2) is 9.06. The number of aryl methyl sites for hydroxylation is 1. The molecule has 0 radical (unpaired) electrons. The molecular formula is C24H30N4O4. The molecule has 2 aromatic rings. The number of aromatic nitrogens is 1. The number of likely N-dealkylation sites (N-methyl/N-ethyl adjacent to an activating group) is 1. The van der Waals surface area contributed by atoms with Crippen LogP contribution in [-0.4, -0.2) is 59.8 Å². The maximum absolute atomic E-state index is 13.4. The highest BCUT2D eigenvalue weighted by Crippen LogP contribution is 2.39. The first-order chi connectivity index (χ1) is 15.4. The van der Waals surface area contributed by atoms with Crippen molar-refractivity contribution in [3.8, 4) is 11.5 Å². The van der Waals surface area contributed by atoms with E-state index in [2.05, 4.69) is 0 Å². The summed E-state index contributed by atoms with van der Waals surface area (Å²) in [5, 5.41) is 6.22. The lowest BCUT2D eigenvalue weighted by Gasteiger charge is -2.30. The van der Waals surface area contributed by atoms with Gasteiger partial charge in [-0.05, 0) is 43.2 Å². The van der Waals surface area contributed by atoms with Gasteiger partial charge in [0.15, 0.2) is 0 Å². The summed E-state index contributed by atoms with van der Waals surface area (Å²) in [6.45, 7) is -0.0119. The zero-order chi connectivity index (χ0) is 22.8. The van der Waals surface area contributed by atoms with Crippen LogP contribution < -0.4 is 9.47 Å². The van der Waals surface area contributed by atoms with Crippen molar-refractivity contribution in [3.05, 3.63) is 47.8 Å². The van der Waals surface area contributed by atoms with Crippen molar-refractivity contribution >= 4 is 17.5 Å². The molecule has 0 spiro atoms. The standard InChI is InChI=1S/C24H30N4O4/c1-26-12-6-9-20(26)19-14-21(18-13-17(31-3)10-11-22(18)32-4)28(25-19)23(29)15-27(2)24(30)16-7-5-8-16/h6,9-13,16,21H,5,7-8,14-15H2,1-4H3/t21-/m0/s1. The third kappa shape index (κ3) is 4.09. The smallest absolute Gasteiger partial charge is 0.262 e. The van der Waals surface area contributed by atoms with Crippen molar-refractivity contribution in [1.82, 2.24) is 14.5 Å². The van der Waals surface area contributed by atoms with Gasteiger partial charge in [0.05, 0.1) is 31.7 Å². The Hall–Kier alpha value is -3.29. The average molecular weight is 439 g/mol. The monoisotopic (exact) mass is 438 g/mol. The predicted octanol–water partition coefficient (Wildman–Crippen LogP) is 2.98. The number of benzene rings is 1. The van der Waals surface area contributed by atoms with E-state index in [1.807, 2.05) is 48.1 Å². The molecule has 1 aliphatic heterocycles. The zero-order valence-corrected chi connectivity index (χ0v) is 19.1. The lowest BCUT2D eigenvalue weighted by molar-refractivity contribution is -0.144. The molecule has 2 aliphatic rings. The Morgan fingerprint density at radius 1 is 1.19 bits per heavy atom. The van der Waals surface area contributed by atoms with Crippen LogP contribution in [0.3, 0.4) is 0 Å². The third-order valence-electron chi connectivity index (χ3n) is 6.40.